The zero-order chi connectivity index (χ0) is 14.8. The summed E-state index contributed by atoms with van der Waals surface area (Å²) in [5.74, 6) is -0.454. The Hall–Kier alpha value is -1.96. The molecule has 1 aliphatic rings. The number of halogens is 2. The summed E-state index contributed by atoms with van der Waals surface area (Å²) in [4.78, 5) is 9.97. The molecule has 8 heteroatoms. The molecule has 0 aromatic heterocycles. The predicted octanol–water partition coefficient (Wildman–Crippen LogP) is 2.64. The molecule has 0 radical (unpaired) electrons. The zero-order valence-electron chi connectivity index (χ0n) is 10.8. The van der Waals surface area contributed by atoms with Gasteiger partial charge >= 0.3 is 12.3 Å². The molecule has 1 saturated heterocycles. The first-order chi connectivity index (χ1) is 9.39. The molecule has 1 N–H and O–H groups in total. The minimum atomic E-state index is -3.11. The molecule has 0 saturated carbocycles. The Kier molecular flexibility index (Phi) is 4.03. The molecule has 1 heterocycles. The Morgan fingerprint density at radius 1 is 1.55 bits per heavy atom. The van der Waals surface area contributed by atoms with Crippen molar-refractivity contribution in [3.63, 3.8) is 0 Å². The largest absolute Gasteiger partial charge is 0.427 e. The van der Waals surface area contributed by atoms with Crippen molar-refractivity contribution >= 4 is 11.4 Å². The van der Waals surface area contributed by atoms with E-state index in [2.05, 4.69) is 10.1 Å². The Morgan fingerprint density at radius 3 is 2.75 bits per heavy atom. The number of rotatable bonds is 6. The molecular weight excluding hydrogens is 274 g/mol. The topological polar surface area (TPSA) is 73.6 Å². The number of hydrogen-bond acceptors (Lipinski definition) is 5. The van der Waals surface area contributed by atoms with Gasteiger partial charge in [0.2, 0.25) is 5.75 Å². The van der Waals surface area contributed by atoms with Gasteiger partial charge in [0.05, 0.1) is 18.1 Å². The summed E-state index contributed by atoms with van der Waals surface area (Å²) < 4.78 is 33.8. The van der Waals surface area contributed by atoms with Gasteiger partial charge in [0, 0.05) is 29.8 Å². The highest BCUT2D eigenvalue weighted by molar-refractivity contribution is 5.58. The SMILES string of the molecule is CC1(CNc2ccc([N+](=O)[O-])c(OC(F)F)c2)COC1. The van der Waals surface area contributed by atoms with Crippen molar-refractivity contribution in [2.45, 2.75) is 13.5 Å². The van der Waals surface area contributed by atoms with Gasteiger partial charge in [-0.2, -0.15) is 8.78 Å². The number of nitrogens with one attached hydrogen (secondary N) is 1. The number of nitrogens with zero attached hydrogens (tertiary/aromatic N) is 1. The number of nitro groups is 1. The Balaban J connectivity index is 2.11. The van der Waals surface area contributed by atoms with Crippen LogP contribution in [0.2, 0.25) is 0 Å². The zero-order valence-corrected chi connectivity index (χ0v) is 10.8. The molecule has 0 amide bonds. The summed E-state index contributed by atoms with van der Waals surface area (Å²) in [6.07, 6.45) is 0. The molecular formula is C12H14F2N2O4. The fourth-order valence-electron chi connectivity index (χ4n) is 1.83. The second-order valence-electron chi connectivity index (χ2n) is 4.98. The van der Waals surface area contributed by atoms with Gasteiger partial charge in [-0.3, -0.25) is 10.1 Å². The molecule has 6 nitrogen and oxygen atoms in total. The molecule has 0 bridgehead atoms. The average molecular weight is 288 g/mol. The molecule has 0 atom stereocenters. The highest BCUT2D eigenvalue weighted by atomic mass is 19.3. The van der Waals surface area contributed by atoms with E-state index in [0.29, 0.717) is 25.4 Å². The van der Waals surface area contributed by atoms with Crippen molar-refractivity contribution in [1.29, 1.82) is 0 Å². The molecule has 0 aliphatic carbocycles. The minimum Gasteiger partial charge on any atom is -0.427 e. The predicted molar refractivity (Wildman–Crippen MR) is 67.1 cm³/mol. The van der Waals surface area contributed by atoms with Gasteiger partial charge in [-0.15, -0.1) is 0 Å². The van der Waals surface area contributed by atoms with Crippen LogP contribution < -0.4 is 10.1 Å². The third-order valence-electron chi connectivity index (χ3n) is 2.99. The lowest BCUT2D eigenvalue weighted by Gasteiger charge is -2.38. The highest BCUT2D eigenvalue weighted by Gasteiger charge is 2.33. The van der Waals surface area contributed by atoms with E-state index in [9.17, 15) is 18.9 Å². The average Bonchev–Trinajstić information content (AvgIpc) is 2.33. The molecule has 1 aromatic carbocycles. The lowest BCUT2D eigenvalue weighted by Crippen LogP contribution is -2.45. The highest BCUT2D eigenvalue weighted by Crippen LogP contribution is 2.32. The van der Waals surface area contributed by atoms with Gasteiger partial charge in [0.15, 0.2) is 0 Å². The van der Waals surface area contributed by atoms with Crippen molar-refractivity contribution in [1.82, 2.24) is 0 Å². The van der Waals surface area contributed by atoms with Crippen LogP contribution in [0.25, 0.3) is 0 Å². The number of anilines is 1. The molecule has 110 valence electrons. The number of alkyl halides is 2. The van der Waals surface area contributed by atoms with Crippen LogP contribution in [0.4, 0.5) is 20.2 Å². The Morgan fingerprint density at radius 2 is 2.25 bits per heavy atom. The van der Waals surface area contributed by atoms with Crippen LogP contribution in [0, 0.1) is 15.5 Å². The van der Waals surface area contributed by atoms with Crippen molar-refractivity contribution in [2.75, 3.05) is 25.1 Å². The van der Waals surface area contributed by atoms with E-state index in [1.54, 1.807) is 0 Å². The van der Waals surface area contributed by atoms with Gasteiger partial charge < -0.3 is 14.8 Å². The van der Waals surface area contributed by atoms with Crippen LogP contribution in [-0.2, 0) is 4.74 Å². The van der Waals surface area contributed by atoms with Crippen molar-refractivity contribution < 1.29 is 23.2 Å². The summed E-state index contributed by atoms with van der Waals surface area (Å²) in [7, 11) is 0. The van der Waals surface area contributed by atoms with Crippen LogP contribution >= 0.6 is 0 Å². The summed E-state index contributed by atoms with van der Waals surface area (Å²) in [5, 5.41) is 13.8. The van der Waals surface area contributed by atoms with E-state index in [1.165, 1.54) is 12.1 Å². The third-order valence-corrected chi connectivity index (χ3v) is 2.99. The van der Waals surface area contributed by atoms with Gasteiger partial charge in [-0.25, -0.2) is 0 Å². The Bertz CT molecular complexity index is 506. The first kappa shape index (κ1) is 14.4. The molecule has 1 fully saturated rings. The van der Waals surface area contributed by atoms with Gasteiger partial charge in [-0.05, 0) is 6.07 Å². The van der Waals surface area contributed by atoms with Crippen molar-refractivity contribution in [3.05, 3.63) is 28.3 Å². The third kappa shape index (κ3) is 3.32. The van der Waals surface area contributed by atoms with E-state index < -0.39 is 23.0 Å². The maximum atomic E-state index is 12.3. The molecule has 0 unspecified atom stereocenters. The Labute approximate surface area is 113 Å². The minimum absolute atomic E-state index is 0.00842. The second kappa shape index (κ2) is 5.58. The van der Waals surface area contributed by atoms with E-state index in [0.717, 1.165) is 6.07 Å². The summed E-state index contributed by atoms with van der Waals surface area (Å²) in [5.41, 5.74) is -0.0145. The van der Waals surface area contributed by atoms with E-state index in [1.807, 2.05) is 6.92 Å². The number of nitro benzene ring substituents is 1. The molecule has 1 aliphatic heterocycles. The van der Waals surface area contributed by atoms with E-state index in [-0.39, 0.29) is 5.41 Å². The quantitative estimate of drug-likeness (QED) is 0.643. The normalized spacial score (nSPS) is 16.6. The van der Waals surface area contributed by atoms with Crippen molar-refractivity contribution in [3.8, 4) is 5.75 Å². The standard InChI is InChI=1S/C12H14F2N2O4/c1-12(6-19-7-12)5-15-8-2-3-9(16(17)18)10(4-8)20-11(13)14/h2-4,11,15H,5-7H2,1H3. The first-order valence-corrected chi connectivity index (χ1v) is 5.94. The van der Waals surface area contributed by atoms with Gasteiger partial charge in [-0.1, -0.05) is 6.92 Å². The molecule has 1 aromatic rings. The van der Waals surface area contributed by atoms with Crippen LogP contribution in [0.5, 0.6) is 5.75 Å². The summed E-state index contributed by atoms with van der Waals surface area (Å²) >= 11 is 0. The smallest absolute Gasteiger partial charge is 0.387 e. The summed E-state index contributed by atoms with van der Waals surface area (Å²) in [6.45, 7) is 0.729. The monoisotopic (exact) mass is 288 g/mol. The van der Waals surface area contributed by atoms with Gasteiger partial charge in [0.1, 0.15) is 0 Å². The maximum Gasteiger partial charge on any atom is 0.387 e. The van der Waals surface area contributed by atoms with Crippen LogP contribution in [0.15, 0.2) is 18.2 Å². The van der Waals surface area contributed by atoms with Crippen molar-refractivity contribution in [2.24, 2.45) is 5.41 Å². The fraction of sp³-hybridized carbons (Fsp3) is 0.500. The molecule has 0 spiro atoms. The number of hydrogen-bond donors (Lipinski definition) is 1. The second-order valence-corrected chi connectivity index (χ2v) is 4.98. The number of benzene rings is 1. The van der Waals surface area contributed by atoms with Crippen LogP contribution in [0.3, 0.4) is 0 Å². The lowest BCUT2D eigenvalue weighted by atomic mass is 9.89. The fourth-order valence-corrected chi connectivity index (χ4v) is 1.83. The number of ether oxygens (including phenoxy) is 2. The van der Waals surface area contributed by atoms with Crippen LogP contribution in [0.1, 0.15) is 6.92 Å². The van der Waals surface area contributed by atoms with Crippen LogP contribution in [-0.4, -0.2) is 31.3 Å². The maximum absolute atomic E-state index is 12.3. The lowest BCUT2D eigenvalue weighted by molar-refractivity contribution is -0.386. The first-order valence-electron chi connectivity index (χ1n) is 5.94. The van der Waals surface area contributed by atoms with E-state index >= 15 is 0 Å². The van der Waals surface area contributed by atoms with E-state index in [4.69, 9.17) is 4.74 Å². The van der Waals surface area contributed by atoms with Gasteiger partial charge in [0.25, 0.3) is 0 Å². The molecule has 2 rings (SSSR count). The molecule has 20 heavy (non-hydrogen) atoms. The summed E-state index contributed by atoms with van der Waals surface area (Å²) in [6, 6.07) is 3.80.